The van der Waals surface area contributed by atoms with E-state index < -0.39 is 47.5 Å². The second kappa shape index (κ2) is 9.45. The number of halogens is 6. The Bertz CT molecular complexity index is 1220. The van der Waals surface area contributed by atoms with Crippen molar-refractivity contribution in [3.63, 3.8) is 0 Å². The van der Waals surface area contributed by atoms with Gasteiger partial charge in [-0.15, -0.1) is 0 Å². The molecule has 1 amide bonds. The van der Waals surface area contributed by atoms with E-state index >= 15 is 0 Å². The molecule has 2 N–H and O–H groups in total. The maximum Gasteiger partial charge on any atom is 0.284 e. The third-order valence-electron chi connectivity index (χ3n) is 4.25. The fraction of sp³-hybridized carbons (Fsp3) is 0.150. The number of benzene rings is 2. The predicted molar refractivity (Wildman–Crippen MR) is 105 cm³/mol. The van der Waals surface area contributed by atoms with E-state index in [0.717, 1.165) is 24.3 Å². The van der Waals surface area contributed by atoms with E-state index in [1.807, 2.05) is 0 Å². The highest BCUT2D eigenvalue weighted by molar-refractivity contribution is 6.30. The smallest absolute Gasteiger partial charge is 0.284 e. The molecule has 0 saturated carbocycles. The highest BCUT2D eigenvalue weighted by Crippen LogP contribution is 2.23. The summed E-state index contributed by atoms with van der Waals surface area (Å²) < 4.78 is 67.0. The second-order valence-corrected chi connectivity index (χ2v) is 6.88. The van der Waals surface area contributed by atoms with E-state index in [-0.39, 0.29) is 22.0 Å². The number of aliphatic hydroxyl groups excluding tert-OH is 1. The van der Waals surface area contributed by atoms with Crippen LogP contribution >= 0.6 is 11.6 Å². The van der Waals surface area contributed by atoms with Crippen LogP contribution in [0.4, 0.5) is 22.0 Å². The highest BCUT2D eigenvalue weighted by Gasteiger charge is 2.30. The van der Waals surface area contributed by atoms with Gasteiger partial charge in [-0.2, -0.15) is 9.78 Å². The van der Waals surface area contributed by atoms with Crippen molar-refractivity contribution in [1.82, 2.24) is 15.1 Å². The van der Waals surface area contributed by atoms with Crippen LogP contribution in [0.1, 0.15) is 10.4 Å². The number of rotatable bonds is 6. The normalized spacial score (nSPS) is 13.1. The minimum Gasteiger partial charge on any atom is -0.382 e. The van der Waals surface area contributed by atoms with E-state index in [0.29, 0.717) is 4.68 Å². The number of aromatic nitrogens is 2. The second-order valence-electron chi connectivity index (χ2n) is 6.47. The molecule has 0 fully saturated rings. The van der Waals surface area contributed by atoms with Gasteiger partial charge >= 0.3 is 0 Å². The largest absolute Gasteiger partial charge is 0.382 e. The number of carbonyl (C=O) groups is 1. The average molecular weight is 474 g/mol. The Morgan fingerprint density at radius 3 is 2.44 bits per heavy atom. The van der Waals surface area contributed by atoms with Gasteiger partial charge in [0.2, 0.25) is 6.30 Å². The minimum atomic E-state index is -3.50. The van der Waals surface area contributed by atoms with Gasteiger partial charge in [0.15, 0.2) is 6.10 Å². The lowest BCUT2D eigenvalue weighted by Gasteiger charge is -2.17. The molecule has 168 valence electrons. The van der Waals surface area contributed by atoms with Crippen LogP contribution in [0.3, 0.4) is 0 Å². The number of nitrogens with zero attached hydrogens (tertiary/aromatic N) is 2. The van der Waals surface area contributed by atoms with Crippen LogP contribution in [0.5, 0.6) is 0 Å². The first kappa shape index (κ1) is 23.4. The van der Waals surface area contributed by atoms with Crippen molar-refractivity contribution in [2.45, 2.75) is 18.8 Å². The van der Waals surface area contributed by atoms with Crippen LogP contribution in [-0.4, -0.2) is 39.6 Å². The number of amides is 1. The Morgan fingerprint density at radius 2 is 1.81 bits per heavy atom. The van der Waals surface area contributed by atoms with Crippen molar-refractivity contribution in [3.05, 3.63) is 81.1 Å². The zero-order valence-electron chi connectivity index (χ0n) is 15.8. The van der Waals surface area contributed by atoms with E-state index in [9.17, 15) is 31.5 Å². The Balaban J connectivity index is 2.15. The molecule has 6 nitrogen and oxygen atoms in total. The van der Waals surface area contributed by atoms with Crippen LogP contribution in [0.25, 0.3) is 16.9 Å². The Morgan fingerprint density at radius 1 is 1.09 bits per heavy atom. The van der Waals surface area contributed by atoms with Gasteiger partial charge in [-0.1, -0.05) is 23.7 Å². The summed E-state index contributed by atoms with van der Waals surface area (Å²) >= 11 is 5.65. The molecular weight excluding hydrogens is 461 g/mol. The molecular formula is C20H13ClF5N3O3. The maximum atomic E-state index is 13.9. The van der Waals surface area contributed by atoms with Gasteiger partial charge in [-0.3, -0.25) is 9.59 Å². The molecule has 3 aromatic rings. The van der Waals surface area contributed by atoms with Gasteiger partial charge in [0.05, 0.1) is 16.4 Å². The molecule has 0 aliphatic heterocycles. The topological polar surface area (TPSA) is 84.2 Å². The summed E-state index contributed by atoms with van der Waals surface area (Å²) in [6.07, 6.45) is -9.23. The summed E-state index contributed by atoms with van der Waals surface area (Å²) in [4.78, 5) is 25.2. The van der Waals surface area contributed by atoms with Crippen LogP contribution in [0, 0.1) is 11.6 Å². The van der Waals surface area contributed by atoms with Gasteiger partial charge in [-0.05, 0) is 36.4 Å². The van der Waals surface area contributed by atoms with Gasteiger partial charge in [0.1, 0.15) is 17.2 Å². The van der Waals surface area contributed by atoms with E-state index in [2.05, 4.69) is 5.10 Å². The molecule has 0 aliphatic rings. The van der Waals surface area contributed by atoms with Crippen LogP contribution < -0.4 is 10.9 Å². The highest BCUT2D eigenvalue weighted by atomic mass is 35.5. The Hall–Kier alpha value is -3.31. The number of hydrogen-bond acceptors (Lipinski definition) is 4. The molecule has 3 rings (SSSR count). The first-order valence-corrected chi connectivity index (χ1v) is 9.23. The molecule has 1 aromatic heterocycles. The Kier molecular flexibility index (Phi) is 6.90. The molecule has 0 aliphatic carbocycles. The number of hydrogen-bond donors (Lipinski definition) is 2. The quantitative estimate of drug-likeness (QED) is 0.424. The zero-order valence-corrected chi connectivity index (χ0v) is 16.5. The summed E-state index contributed by atoms with van der Waals surface area (Å²) in [6, 6.07) is 8.85. The third kappa shape index (κ3) is 4.94. The SMILES string of the molecule is O=C(NC(F)[C@H](O)C(F)F)c1cc(-c2ccc(Cl)c(F)c2)nn(-c2cccc(F)c2)c1=O. The van der Waals surface area contributed by atoms with E-state index in [1.165, 1.54) is 29.6 Å². The van der Waals surface area contributed by atoms with Crippen LogP contribution in [0.2, 0.25) is 5.02 Å². The van der Waals surface area contributed by atoms with Gasteiger partial charge in [0.25, 0.3) is 17.9 Å². The molecule has 1 heterocycles. The van der Waals surface area contributed by atoms with Crippen LogP contribution in [0.15, 0.2) is 53.3 Å². The average Bonchev–Trinajstić information content (AvgIpc) is 2.75. The van der Waals surface area contributed by atoms with Crippen molar-refractivity contribution in [2.75, 3.05) is 0 Å². The molecule has 0 bridgehead atoms. The molecule has 0 spiro atoms. The molecule has 2 aromatic carbocycles. The van der Waals surface area contributed by atoms with Crippen molar-refractivity contribution >= 4 is 17.5 Å². The standard InChI is InChI=1S/C20H13ClF5N3O3/c21-13-5-4-9(6-14(13)23)15-8-12(19(31)27-18(26)16(30)17(24)25)20(32)29(28-15)11-3-1-2-10(22)7-11/h1-8,16-18,30H,(H,27,31)/t16-,18?/m1/s1. The maximum absolute atomic E-state index is 13.9. The lowest BCUT2D eigenvalue weighted by Crippen LogP contribution is -2.45. The number of carbonyl (C=O) groups excluding carboxylic acids is 1. The summed E-state index contributed by atoms with van der Waals surface area (Å²) in [5.41, 5.74) is -2.16. The molecule has 1 unspecified atom stereocenters. The lowest BCUT2D eigenvalue weighted by atomic mass is 10.1. The van der Waals surface area contributed by atoms with Crippen molar-refractivity contribution in [3.8, 4) is 16.9 Å². The first-order chi connectivity index (χ1) is 15.1. The van der Waals surface area contributed by atoms with E-state index in [4.69, 9.17) is 16.7 Å². The van der Waals surface area contributed by atoms with Gasteiger partial charge < -0.3 is 10.4 Å². The molecule has 0 saturated heterocycles. The summed E-state index contributed by atoms with van der Waals surface area (Å²) in [7, 11) is 0. The van der Waals surface area contributed by atoms with Crippen molar-refractivity contribution in [1.29, 1.82) is 0 Å². The Labute approximate surface area is 181 Å². The lowest BCUT2D eigenvalue weighted by molar-refractivity contribution is -0.0551. The fourth-order valence-electron chi connectivity index (χ4n) is 2.65. The van der Waals surface area contributed by atoms with E-state index in [1.54, 1.807) is 0 Å². The number of aliphatic hydroxyl groups is 1. The molecule has 12 heteroatoms. The fourth-order valence-corrected chi connectivity index (χ4v) is 2.77. The summed E-state index contributed by atoms with van der Waals surface area (Å²) in [6.45, 7) is 0. The molecule has 2 atom stereocenters. The minimum absolute atomic E-state index is 0.0514. The van der Waals surface area contributed by atoms with Crippen LogP contribution in [-0.2, 0) is 0 Å². The molecule has 32 heavy (non-hydrogen) atoms. The number of nitrogens with one attached hydrogen (secondary N) is 1. The van der Waals surface area contributed by atoms with Gasteiger partial charge in [0, 0.05) is 5.56 Å². The monoisotopic (exact) mass is 473 g/mol. The summed E-state index contributed by atoms with van der Waals surface area (Å²) in [5, 5.41) is 14.3. The predicted octanol–water partition coefficient (Wildman–Crippen LogP) is 3.48. The van der Waals surface area contributed by atoms with Gasteiger partial charge in [-0.25, -0.2) is 22.0 Å². The zero-order chi connectivity index (χ0) is 23.6. The summed E-state index contributed by atoms with van der Waals surface area (Å²) in [5.74, 6) is -3.04. The van der Waals surface area contributed by atoms with Crippen molar-refractivity contribution in [2.24, 2.45) is 0 Å². The number of alkyl halides is 3. The molecule has 0 radical (unpaired) electrons. The van der Waals surface area contributed by atoms with Crippen molar-refractivity contribution < 1.29 is 31.9 Å². The first-order valence-electron chi connectivity index (χ1n) is 8.85. The third-order valence-corrected chi connectivity index (χ3v) is 4.56.